The predicted molar refractivity (Wildman–Crippen MR) is 113 cm³/mol. The molecule has 1 amide bonds. The lowest BCUT2D eigenvalue weighted by molar-refractivity contribution is -0.208. The average molecular weight is 431 g/mol. The van der Waals surface area contributed by atoms with Crippen LogP contribution in [0.2, 0.25) is 0 Å². The van der Waals surface area contributed by atoms with Crippen molar-refractivity contribution in [3.8, 4) is 0 Å². The van der Waals surface area contributed by atoms with Gasteiger partial charge < -0.3 is 30.7 Å². The highest BCUT2D eigenvalue weighted by Gasteiger charge is 2.47. The van der Waals surface area contributed by atoms with Crippen LogP contribution < -0.4 is 10.6 Å². The van der Waals surface area contributed by atoms with E-state index in [0.29, 0.717) is 5.92 Å². The van der Waals surface area contributed by atoms with Gasteiger partial charge in [0, 0.05) is 0 Å². The molecule has 5 N–H and O–H groups in total. The summed E-state index contributed by atoms with van der Waals surface area (Å²) in [5.41, 5.74) is -0.642. The molecule has 1 saturated carbocycles. The quantitative estimate of drug-likeness (QED) is 0.388. The maximum absolute atomic E-state index is 13.0. The van der Waals surface area contributed by atoms with Crippen LogP contribution >= 0.6 is 11.8 Å². The number of aliphatic hydroxyl groups is 3. The van der Waals surface area contributed by atoms with E-state index in [1.807, 2.05) is 13.8 Å². The molecule has 8 heteroatoms. The lowest BCUT2D eigenvalue weighted by atomic mass is 9.86. The zero-order chi connectivity index (χ0) is 21.1. The van der Waals surface area contributed by atoms with Crippen molar-refractivity contribution in [3.63, 3.8) is 0 Å². The van der Waals surface area contributed by atoms with Crippen molar-refractivity contribution in [1.29, 1.82) is 0 Å². The number of carbonyl (C=O) groups excluding carboxylic acids is 1. The fourth-order valence-corrected chi connectivity index (χ4v) is 5.27. The second kappa shape index (κ2) is 10.3. The second-order valence-corrected chi connectivity index (χ2v) is 10.3. The summed E-state index contributed by atoms with van der Waals surface area (Å²) in [4.78, 5) is 13.0. The number of amides is 1. The molecule has 0 bridgehead atoms. The number of hydrogen-bond donors (Lipinski definition) is 5. The Hall–Kier alpha value is -0.380. The number of aliphatic hydroxyl groups excluding tert-OH is 3. The topological polar surface area (TPSA) is 111 Å². The molecule has 29 heavy (non-hydrogen) atoms. The Balaban J connectivity index is 1.60. The molecule has 168 valence electrons. The zero-order valence-electron chi connectivity index (χ0n) is 17.8. The van der Waals surface area contributed by atoms with Crippen LogP contribution in [0.3, 0.4) is 0 Å². The van der Waals surface area contributed by atoms with E-state index >= 15 is 0 Å². The van der Waals surface area contributed by atoms with E-state index in [1.165, 1.54) is 37.4 Å². The predicted octanol–water partition coefficient (Wildman–Crippen LogP) is 0.856. The molecule has 0 aromatic carbocycles. The van der Waals surface area contributed by atoms with Crippen LogP contribution in [0.4, 0.5) is 0 Å². The minimum Gasteiger partial charge on any atom is -0.388 e. The van der Waals surface area contributed by atoms with Crippen molar-refractivity contribution < 1.29 is 24.9 Å². The van der Waals surface area contributed by atoms with Crippen molar-refractivity contribution in [2.45, 2.75) is 94.3 Å². The Bertz CT molecular complexity index is 545. The first-order valence-electron chi connectivity index (χ1n) is 11.1. The van der Waals surface area contributed by atoms with Crippen molar-refractivity contribution in [2.24, 2.45) is 17.8 Å². The van der Waals surface area contributed by atoms with Crippen molar-refractivity contribution >= 4 is 17.7 Å². The fraction of sp³-hybridized carbons (Fsp3) is 0.952. The van der Waals surface area contributed by atoms with E-state index in [0.717, 1.165) is 25.3 Å². The van der Waals surface area contributed by atoms with Crippen LogP contribution in [0.5, 0.6) is 0 Å². The average Bonchev–Trinajstić information content (AvgIpc) is 3.54. The van der Waals surface area contributed by atoms with Crippen LogP contribution in [0.25, 0.3) is 0 Å². The highest BCUT2D eigenvalue weighted by atomic mass is 32.2. The van der Waals surface area contributed by atoms with Gasteiger partial charge in [-0.1, -0.05) is 39.5 Å². The molecule has 3 unspecified atom stereocenters. The molecule has 0 aromatic heterocycles. The molecule has 2 saturated heterocycles. The van der Waals surface area contributed by atoms with Gasteiger partial charge in [0.25, 0.3) is 0 Å². The van der Waals surface area contributed by atoms with Crippen molar-refractivity contribution in [2.75, 3.05) is 12.8 Å². The Labute approximate surface area is 178 Å². The Morgan fingerprint density at radius 1 is 1.10 bits per heavy atom. The summed E-state index contributed by atoms with van der Waals surface area (Å²) in [6.07, 6.45) is 4.47. The Kier molecular flexibility index (Phi) is 8.26. The standard InChI is InChI=1S/C21H38N2O5S/c1-11(2)15(19-17(25)16(24)18(26)21(28-19)29-3)23-20(27)14-10-13(8-9-22-14)7-6-12-4-5-12/h11-19,21-22,24-26H,4-10H2,1-3H3,(H,23,27)/t13?,14?,15?,16-,17+,18+,19+,21+/m1/s1. The maximum atomic E-state index is 13.0. The number of carbonyl (C=O) groups is 1. The van der Waals surface area contributed by atoms with Gasteiger partial charge in [-0.3, -0.25) is 4.79 Å². The highest BCUT2D eigenvalue weighted by Crippen LogP contribution is 2.36. The summed E-state index contributed by atoms with van der Waals surface area (Å²) in [6.45, 7) is 4.76. The molecule has 0 radical (unpaired) electrons. The van der Waals surface area contributed by atoms with Crippen LogP contribution in [-0.4, -0.2) is 76.0 Å². The molecule has 0 spiro atoms. The minimum absolute atomic E-state index is 0.00203. The summed E-state index contributed by atoms with van der Waals surface area (Å²) in [5.74, 6) is 1.42. The zero-order valence-corrected chi connectivity index (χ0v) is 18.6. The number of nitrogens with one attached hydrogen (secondary N) is 2. The van der Waals surface area contributed by atoms with Gasteiger partial charge in [0.1, 0.15) is 29.9 Å². The van der Waals surface area contributed by atoms with Gasteiger partial charge in [0.2, 0.25) is 5.91 Å². The molecule has 7 nitrogen and oxygen atoms in total. The van der Waals surface area contributed by atoms with Gasteiger partial charge in [-0.15, -0.1) is 11.8 Å². The smallest absolute Gasteiger partial charge is 0.237 e. The number of thioether (sulfide) groups is 1. The molecular weight excluding hydrogens is 392 g/mol. The van der Waals surface area contributed by atoms with E-state index in [2.05, 4.69) is 10.6 Å². The molecule has 2 aliphatic heterocycles. The van der Waals surface area contributed by atoms with Crippen LogP contribution in [0, 0.1) is 17.8 Å². The number of hydrogen-bond acceptors (Lipinski definition) is 7. The van der Waals surface area contributed by atoms with Crippen molar-refractivity contribution in [1.82, 2.24) is 10.6 Å². The van der Waals surface area contributed by atoms with E-state index in [9.17, 15) is 20.1 Å². The monoisotopic (exact) mass is 430 g/mol. The van der Waals surface area contributed by atoms with Gasteiger partial charge in [-0.2, -0.15) is 0 Å². The molecular formula is C21H38N2O5S. The van der Waals surface area contributed by atoms with Gasteiger partial charge >= 0.3 is 0 Å². The summed E-state index contributed by atoms with van der Waals surface area (Å²) in [7, 11) is 0. The second-order valence-electron chi connectivity index (χ2n) is 9.37. The van der Waals surface area contributed by atoms with Gasteiger partial charge in [0.05, 0.1) is 12.1 Å². The van der Waals surface area contributed by atoms with E-state index in [4.69, 9.17) is 4.74 Å². The lowest BCUT2D eigenvalue weighted by Crippen LogP contribution is -2.65. The minimum atomic E-state index is -1.30. The first-order chi connectivity index (χ1) is 13.8. The Morgan fingerprint density at radius 3 is 2.41 bits per heavy atom. The Morgan fingerprint density at radius 2 is 1.79 bits per heavy atom. The first-order valence-corrected chi connectivity index (χ1v) is 12.4. The summed E-state index contributed by atoms with van der Waals surface area (Å²) < 4.78 is 5.90. The van der Waals surface area contributed by atoms with Gasteiger partial charge in [-0.25, -0.2) is 0 Å². The third-order valence-electron chi connectivity index (χ3n) is 6.73. The lowest BCUT2D eigenvalue weighted by Gasteiger charge is -2.44. The highest BCUT2D eigenvalue weighted by molar-refractivity contribution is 7.99. The molecule has 2 heterocycles. The maximum Gasteiger partial charge on any atom is 0.237 e. The third-order valence-corrected chi connectivity index (χ3v) is 7.58. The number of rotatable bonds is 8. The third kappa shape index (κ3) is 5.86. The van der Waals surface area contributed by atoms with Crippen LogP contribution in [0.1, 0.15) is 52.4 Å². The van der Waals surface area contributed by atoms with Crippen LogP contribution in [-0.2, 0) is 9.53 Å². The number of ether oxygens (including phenoxy) is 1. The molecule has 0 aromatic rings. The summed E-state index contributed by atoms with van der Waals surface area (Å²) in [5, 5.41) is 37.3. The van der Waals surface area contributed by atoms with E-state index < -0.39 is 35.9 Å². The fourth-order valence-electron chi connectivity index (χ4n) is 4.59. The normalized spacial score (nSPS) is 39.3. The van der Waals surface area contributed by atoms with E-state index in [-0.39, 0.29) is 17.9 Å². The van der Waals surface area contributed by atoms with Crippen molar-refractivity contribution in [3.05, 3.63) is 0 Å². The van der Waals surface area contributed by atoms with Gasteiger partial charge in [0.15, 0.2) is 0 Å². The SMILES string of the molecule is CS[C@@H]1O[C@@H](C(NC(=O)C2CC(CCC3CC3)CCN2)C(C)C)[C@@H](O)[C@@H](O)[C@@H]1O. The largest absolute Gasteiger partial charge is 0.388 e. The number of piperidine rings is 1. The molecule has 3 aliphatic rings. The molecule has 8 atom stereocenters. The molecule has 1 aliphatic carbocycles. The molecule has 3 rings (SSSR count). The van der Waals surface area contributed by atoms with Gasteiger partial charge in [-0.05, 0) is 43.4 Å². The summed E-state index contributed by atoms with van der Waals surface area (Å²) in [6, 6.07) is -0.690. The van der Waals surface area contributed by atoms with E-state index in [1.54, 1.807) is 6.26 Å². The summed E-state index contributed by atoms with van der Waals surface area (Å²) >= 11 is 1.28. The van der Waals surface area contributed by atoms with Crippen LogP contribution in [0.15, 0.2) is 0 Å². The first kappa shape index (κ1) is 23.3. The molecule has 3 fully saturated rings.